The predicted molar refractivity (Wildman–Crippen MR) is 175 cm³/mol. The third kappa shape index (κ3) is 4.48. The van der Waals surface area contributed by atoms with Crippen LogP contribution in [0.15, 0.2) is 36.5 Å². The number of carboxylic acid groups (broad SMARTS) is 2. The highest BCUT2D eigenvalue weighted by Crippen LogP contribution is 2.73. The fourth-order valence-corrected chi connectivity index (χ4v) is 12.8. The number of nitrogens with zero attached hydrogens (tertiary/aromatic N) is 1. The number of aromatic carboxylic acids is 2. The molecule has 2 aromatic rings. The Kier molecular flexibility index (Phi) is 7.16. The Morgan fingerprint density at radius 3 is 2.29 bits per heavy atom. The standard InChI is InChI=1S/C37H46N2O5S/c1-34(2)24(21-7-9-22(10-8-21)30(40)41)13-17-36(4)28(34)15-18-35(3)25-14-19-37(16-5-6-26(37)23(25)11-12-29(35)36)32(44)39-33-38-20-27(45-33)31(42)43/h7-10,13,20,23,25-26,28-29H,5-6,11-12,14-19H2,1-4H3,(H,40,41)(H,42,43)(H,38,39,44)/t23-,25?,26?,28?,29?,35-,36-,37-/m0/s1. The van der Waals surface area contributed by atoms with E-state index in [1.165, 1.54) is 37.5 Å². The Morgan fingerprint density at radius 1 is 0.844 bits per heavy atom. The average Bonchev–Trinajstić information content (AvgIpc) is 3.65. The van der Waals surface area contributed by atoms with E-state index >= 15 is 0 Å². The zero-order valence-electron chi connectivity index (χ0n) is 26.9. The maximum Gasteiger partial charge on any atom is 0.347 e. The van der Waals surface area contributed by atoms with Gasteiger partial charge in [-0.3, -0.25) is 4.79 Å². The summed E-state index contributed by atoms with van der Waals surface area (Å²) in [6, 6.07) is 7.45. The average molecular weight is 631 g/mol. The molecular formula is C37H46N2O5S. The summed E-state index contributed by atoms with van der Waals surface area (Å²) in [5, 5.41) is 22.2. The third-order valence-electron chi connectivity index (χ3n) is 13.9. The van der Waals surface area contributed by atoms with Gasteiger partial charge in [-0.25, -0.2) is 14.6 Å². The number of carboxylic acids is 2. The first-order valence-electron chi connectivity index (χ1n) is 16.9. The molecule has 7 nitrogen and oxygen atoms in total. The Balaban J connectivity index is 1.14. The summed E-state index contributed by atoms with van der Waals surface area (Å²) in [4.78, 5) is 41.2. The summed E-state index contributed by atoms with van der Waals surface area (Å²) in [5.41, 5.74) is 2.88. The number of nitrogens with one attached hydrogen (secondary N) is 1. The topological polar surface area (TPSA) is 117 Å². The van der Waals surface area contributed by atoms with Gasteiger partial charge >= 0.3 is 11.9 Å². The molecule has 1 aromatic carbocycles. The molecular weight excluding hydrogens is 584 g/mol. The van der Waals surface area contributed by atoms with E-state index < -0.39 is 11.9 Å². The minimum atomic E-state index is -1.01. The van der Waals surface area contributed by atoms with E-state index in [0.29, 0.717) is 40.3 Å². The van der Waals surface area contributed by atoms with Gasteiger partial charge in [-0.15, -0.1) is 0 Å². The molecule has 4 saturated carbocycles. The molecule has 5 aliphatic rings. The molecule has 0 spiro atoms. The first-order chi connectivity index (χ1) is 21.3. The summed E-state index contributed by atoms with van der Waals surface area (Å²) in [5.74, 6) is 0.878. The van der Waals surface area contributed by atoms with E-state index in [4.69, 9.17) is 0 Å². The zero-order chi connectivity index (χ0) is 31.9. The lowest BCUT2D eigenvalue weighted by atomic mass is 9.36. The molecule has 45 heavy (non-hydrogen) atoms. The first-order valence-corrected chi connectivity index (χ1v) is 17.7. The molecule has 5 aliphatic carbocycles. The number of carbonyl (C=O) groups is 3. The van der Waals surface area contributed by atoms with Crippen molar-refractivity contribution in [2.75, 3.05) is 5.32 Å². The summed E-state index contributed by atoms with van der Waals surface area (Å²) >= 11 is 1.04. The van der Waals surface area contributed by atoms with Crippen LogP contribution >= 0.6 is 11.3 Å². The van der Waals surface area contributed by atoms with Crippen molar-refractivity contribution in [2.45, 2.75) is 91.9 Å². The van der Waals surface area contributed by atoms with Crippen molar-refractivity contribution >= 4 is 39.9 Å². The van der Waals surface area contributed by atoms with Gasteiger partial charge in [0.1, 0.15) is 4.88 Å². The van der Waals surface area contributed by atoms with Gasteiger partial charge in [0.25, 0.3) is 0 Å². The second kappa shape index (κ2) is 10.5. The second-order valence-corrected chi connectivity index (χ2v) is 16.9. The van der Waals surface area contributed by atoms with Gasteiger partial charge in [0.15, 0.2) is 5.13 Å². The molecule has 0 radical (unpaired) electrons. The van der Waals surface area contributed by atoms with E-state index in [1.54, 1.807) is 12.1 Å². The van der Waals surface area contributed by atoms with Gasteiger partial charge in [-0.05, 0) is 127 Å². The van der Waals surface area contributed by atoms with Gasteiger partial charge in [-0.2, -0.15) is 0 Å². The summed E-state index contributed by atoms with van der Waals surface area (Å²) in [6.07, 6.45) is 14.8. The first kappa shape index (κ1) is 30.6. The quantitative estimate of drug-likeness (QED) is 0.305. The minimum Gasteiger partial charge on any atom is -0.478 e. The fourth-order valence-electron chi connectivity index (χ4n) is 12.2. The number of hydrogen-bond donors (Lipinski definition) is 3. The number of hydrogen-bond acceptors (Lipinski definition) is 5. The predicted octanol–water partition coefficient (Wildman–Crippen LogP) is 8.64. The number of carbonyl (C=O) groups excluding carboxylic acids is 1. The van der Waals surface area contributed by atoms with Crippen LogP contribution in [0, 0.1) is 51.2 Å². The van der Waals surface area contributed by atoms with E-state index in [0.717, 1.165) is 55.4 Å². The SMILES string of the molecule is CC1(C)C(c2ccc(C(=O)O)cc2)=CC[C@@]2(C)C1CC[C@@]1(C)C3CC[C@@]4(C(=O)Nc5ncc(C(=O)O)s5)CCCC4[C@H]3CCC12. The Hall–Kier alpha value is -3.00. The molecule has 4 fully saturated rings. The Bertz CT molecular complexity index is 1580. The van der Waals surface area contributed by atoms with Gasteiger partial charge in [0, 0.05) is 0 Å². The lowest BCUT2D eigenvalue weighted by Gasteiger charge is -2.68. The van der Waals surface area contributed by atoms with Crippen LogP contribution in [0.2, 0.25) is 0 Å². The molecule has 0 saturated heterocycles. The Labute approximate surface area is 269 Å². The number of aromatic nitrogens is 1. The molecule has 8 atom stereocenters. The number of thiazole rings is 1. The number of anilines is 1. The van der Waals surface area contributed by atoms with E-state index in [-0.39, 0.29) is 32.4 Å². The molecule has 1 heterocycles. The molecule has 0 aliphatic heterocycles. The van der Waals surface area contributed by atoms with Crippen molar-refractivity contribution in [1.82, 2.24) is 4.98 Å². The smallest absolute Gasteiger partial charge is 0.347 e. The van der Waals surface area contributed by atoms with Crippen LogP contribution in [0.3, 0.4) is 0 Å². The normalized spacial score (nSPS) is 38.1. The number of rotatable bonds is 5. The second-order valence-electron chi connectivity index (χ2n) is 15.9. The van der Waals surface area contributed by atoms with Crippen LogP contribution in [-0.2, 0) is 4.79 Å². The Morgan fingerprint density at radius 2 is 1.60 bits per heavy atom. The lowest BCUT2D eigenvalue weighted by Crippen LogP contribution is -2.61. The number of benzene rings is 1. The number of fused-ring (bicyclic) bond motifs is 7. The van der Waals surface area contributed by atoms with Crippen LogP contribution < -0.4 is 5.32 Å². The fraction of sp³-hybridized carbons (Fsp3) is 0.622. The summed E-state index contributed by atoms with van der Waals surface area (Å²) in [7, 11) is 0. The van der Waals surface area contributed by atoms with Crippen molar-refractivity contribution in [3.8, 4) is 0 Å². The maximum absolute atomic E-state index is 14.0. The number of allylic oxidation sites excluding steroid dienone is 2. The third-order valence-corrected chi connectivity index (χ3v) is 14.8. The van der Waals surface area contributed by atoms with Gasteiger partial charge in [0.2, 0.25) is 5.91 Å². The van der Waals surface area contributed by atoms with Crippen molar-refractivity contribution < 1.29 is 24.6 Å². The lowest BCUT2D eigenvalue weighted by molar-refractivity contribution is -0.180. The van der Waals surface area contributed by atoms with E-state index in [1.807, 2.05) is 12.1 Å². The summed E-state index contributed by atoms with van der Waals surface area (Å²) in [6.45, 7) is 9.98. The van der Waals surface area contributed by atoms with E-state index in [2.05, 4.69) is 44.1 Å². The molecule has 3 N–H and O–H groups in total. The monoisotopic (exact) mass is 630 g/mol. The zero-order valence-corrected chi connectivity index (χ0v) is 27.7. The maximum atomic E-state index is 14.0. The molecule has 1 amide bonds. The largest absolute Gasteiger partial charge is 0.478 e. The van der Waals surface area contributed by atoms with Crippen molar-refractivity contribution in [3.63, 3.8) is 0 Å². The van der Waals surface area contributed by atoms with Crippen molar-refractivity contribution in [2.24, 2.45) is 51.2 Å². The highest BCUT2D eigenvalue weighted by molar-refractivity contribution is 7.17. The molecule has 4 unspecified atom stereocenters. The van der Waals surface area contributed by atoms with Crippen LogP contribution in [0.25, 0.3) is 5.57 Å². The van der Waals surface area contributed by atoms with Crippen LogP contribution in [-0.4, -0.2) is 33.0 Å². The molecule has 1 aromatic heterocycles. The van der Waals surface area contributed by atoms with Crippen molar-refractivity contribution in [1.29, 1.82) is 0 Å². The highest BCUT2D eigenvalue weighted by atomic mass is 32.1. The molecule has 8 heteroatoms. The van der Waals surface area contributed by atoms with Crippen LogP contribution in [0.4, 0.5) is 5.13 Å². The summed E-state index contributed by atoms with van der Waals surface area (Å²) < 4.78 is 0. The minimum absolute atomic E-state index is 0.0164. The van der Waals surface area contributed by atoms with Gasteiger partial charge < -0.3 is 15.5 Å². The van der Waals surface area contributed by atoms with Crippen LogP contribution in [0.5, 0.6) is 0 Å². The highest BCUT2D eigenvalue weighted by Gasteiger charge is 2.66. The van der Waals surface area contributed by atoms with E-state index in [9.17, 15) is 24.6 Å². The molecule has 7 rings (SSSR count). The number of amides is 1. The van der Waals surface area contributed by atoms with Gasteiger partial charge in [0.05, 0.1) is 17.2 Å². The van der Waals surface area contributed by atoms with Gasteiger partial charge in [-0.1, -0.05) is 63.7 Å². The molecule has 0 bridgehead atoms. The van der Waals surface area contributed by atoms with Crippen molar-refractivity contribution in [3.05, 3.63) is 52.5 Å². The van der Waals surface area contributed by atoms with Crippen LogP contribution in [0.1, 0.15) is 117 Å². The molecule has 240 valence electrons.